The Bertz CT molecular complexity index is 576. The summed E-state index contributed by atoms with van der Waals surface area (Å²) in [4.78, 5) is 23.6. The number of hydrogen-bond acceptors (Lipinski definition) is 5. The monoisotopic (exact) mass is 361 g/mol. The highest BCUT2D eigenvalue weighted by molar-refractivity contribution is 5.74. The number of nitrogens with one attached hydrogen (secondary N) is 1. The Kier molecular flexibility index (Phi) is 6.32. The number of urea groups is 1. The Hall–Kier alpha value is -1.86. The van der Waals surface area contributed by atoms with Gasteiger partial charge in [0.1, 0.15) is 5.82 Å². The second-order valence-electron chi connectivity index (χ2n) is 7.27. The highest BCUT2D eigenvalue weighted by Crippen LogP contribution is 2.14. The fraction of sp³-hybridized carbons (Fsp3) is 0.684. The van der Waals surface area contributed by atoms with Crippen molar-refractivity contribution in [2.24, 2.45) is 0 Å². The van der Waals surface area contributed by atoms with Crippen LogP contribution in [0.4, 0.5) is 10.6 Å². The summed E-state index contributed by atoms with van der Waals surface area (Å²) in [5, 5.41) is 2.99. The van der Waals surface area contributed by atoms with E-state index >= 15 is 0 Å². The maximum atomic E-state index is 12.4. The second kappa shape index (κ2) is 8.68. The molecule has 2 atom stereocenters. The predicted octanol–water partition coefficient (Wildman–Crippen LogP) is 1.54. The highest BCUT2D eigenvalue weighted by atomic mass is 16.5. The second-order valence-corrected chi connectivity index (χ2v) is 7.27. The molecule has 7 heteroatoms. The summed E-state index contributed by atoms with van der Waals surface area (Å²) in [7, 11) is 0. The van der Waals surface area contributed by atoms with Crippen LogP contribution in [0.5, 0.6) is 0 Å². The summed E-state index contributed by atoms with van der Waals surface area (Å²) in [6, 6.07) is 4.08. The van der Waals surface area contributed by atoms with Gasteiger partial charge in [-0.05, 0) is 32.0 Å². The Morgan fingerprint density at radius 1 is 1.19 bits per heavy atom. The molecule has 2 amide bonds. The van der Waals surface area contributed by atoms with Crippen LogP contribution in [-0.4, -0.2) is 78.8 Å². The molecule has 0 aliphatic carbocycles. The minimum Gasteiger partial charge on any atom is -0.372 e. The topological polar surface area (TPSA) is 60.9 Å². The van der Waals surface area contributed by atoms with Gasteiger partial charge in [0.15, 0.2) is 0 Å². The van der Waals surface area contributed by atoms with Crippen LogP contribution in [0.15, 0.2) is 18.3 Å². The van der Waals surface area contributed by atoms with Gasteiger partial charge in [-0.1, -0.05) is 13.0 Å². The van der Waals surface area contributed by atoms with Crippen LogP contribution in [-0.2, 0) is 11.3 Å². The molecule has 1 aromatic rings. The lowest BCUT2D eigenvalue weighted by molar-refractivity contribution is -0.0545. The average molecular weight is 361 g/mol. The van der Waals surface area contributed by atoms with Crippen molar-refractivity contribution in [3.8, 4) is 0 Å². The van der Waals surface area contributed by atoms with Gasteiger partial charge in [0.2, 0.25) is 0 Å². The van der Waals surface area contributed by atoms with E-state index in [1.165, 1.54) is 0 Å². The van der Waals surface area contributed by atoms with E-state index in [4.69, 9.17) is 4.74 Å². The van der Waals surface area contributed by atoms with E-state index in [0.29, 0.717) is 19.6 Å². The lowest BCUT2D eigenvalue weighted by Gasteiger charge is -2.35. The first kappa shape index (κ1) is 18.9. The van der Waals surface area contributed by atoms with Crippen molar-refractivity contribution >= 4 is 11.8 Å². The molecule has 2 aliphatic rings. The van der Waals surface area contributed by atoms with E-state index in [-0.39, 0.29) is 18.2 Å². The quantitative estimate of drug-likeness (QED) is 0.882. The zero-order valence-electron chi connectivity index (χ0n) is 16.1. The smallest absolute Gasteiger partial charge is 0.317 e. The Balaban J connectivity index is 1.48. The largest absolute Gasteiger partial charge is 0.372 e. The zero-order valence-corrected chi connectivity index (χ0v) is 16.1. The molecule has 1 aromatic heterocycles. The molecule has 2 fully saturated rings. The molecule has 1 N–H and O–H groups in total. The molecule has 0 spiro atoms. The summed E-state index contributed by atoms with van der Waals surface area (Å²) >= 11 is 0. The Labute approximate surface area is 156 Å². The SMILES string of the molecule is CCN1CCN(c2ccc(CNC(=O)N3CC(C)OC(C)C3)cn2)CC1. The molecule has 2 saturated heterocycles. The molecule has 0 radical (unpaired) electrons. The van der Waals surface area contributed by atoms with E-state index in [2.05, 4.69) is 39.2 Å². The van der Waals surface area contributed by atoms with E-state index in [1.54, 1.807) is 0 Å². The minimum absolute atomic E-state index is 0.0354. The first-order chi connectivity index (χ1) is 12.5. The van der Waals surface area contributed by atoms with Crippen molar-refractivity contribution in [2.45, 2.75) is 39.5 Å². The molecule has 26 heavy (non-hydrogen) atoms. The van der Waals surface area contributed by atoms with Gasteiger partial charge in [-0.2, -0.15) is 0 Å². The number of rotatable bonds is 4. The van der Waals surface area contributed by atoms with Crippen LogP contribution >= 0.6 is 0 Å². The van der Waals surface area contributed by atoms with Crippen LogP contribution in [0.3, 0.4) is 0 Å². The number of piperazine rings is 1. The summed E-state index contributed by atoms with van der Waals surface area (Å²) < 4.78 is 5.67. The van der Waals surface area contributed by atoms with Crippen LogP contribution in [0.1, 0.15) is 26.3 Å². The molecule has 144 valence electrons. The first-order valence-electron chi connectivity index (χ1n) is 9.65. The number of ether oxygens (including phenoxy) is 1. The Morgan fingerprint density at radius 2 is 1.88 bits per heavy atom. The molecule has 0 aromatic carbocycles. The number of aromatic nitrogens is 1. The molecule has 0 saturated carbocycles. The van der Waals surface area contributed by atoms with E-state index < -0.39 is 0 Å². The third kappa shape index (κ3) is 4.86. The van der Waals surface area contributed by atoms with Gasteiger partial charge in [-0.25, -0.2) is 9.78 Å². The van der Waals surface area contributed by atoms with Gasteiger partial charge < -0.3 is 24.8 Å². The number of carbonyl (C=O) groups excluding carboxylic acids is 1. The van der Waals surface area contributed by atoms with Crippen molar-refractivity contribution in [1.82, 2.24) is 20.1 Å². The van der Waals surface area contributed by atoms with Crippen LogP contribution in [0.2, 0.25) is 0 Å². The lowest BCUT2D eigenvalue weighted by Crippen LogP contribution is -2.51. The van der Waals surface area contributed by atoms with Crippen LogP contribution in [0, 0.1) is 0 Å². The number of amides is 2. The van der Waals surface area contributed by atoms with Crippen molar-refractivity contribution in [1.29, 1.82) is 0 Å². The first-order valence-corrected chi connectivity index (χ1v) is 9.65. The summed E-state index contributed by atoms with van der Waals surface area (Å²) in [5.41, 5.74) is 1.02. The van der Waals surface area contributed by atoms with Gasteiger partial charge >= 0.3 is 6.03 Å². The van der Waals surface area contributed by atoms with Gasteiger partial charge in [-0.3, -0.25) is 0 Å². The molecule has 7 nitrogen and oxygen atoms in total. The van der Waals surface area contributed by atoms with Gasteiger partial charge in [0.25, 0.3) is 0 Å². The van der Waals surface area contributed by atoms with E-state index in [1.807, 2.05) is 24.9 Å². The molecule has 3 heterocycles. The average Bonchev–Trinajstić information content (AvgIpc) is 2.66. The van der Waals surface area contributed by atoms with Crippen molar-refractivity contribution in [2.75, 3.05) is 50.7 Å². The standard InChI is InChI=1S/C19H31N5O2/c1-4-22-7-9-23(10-8-22)18-6-5-17(11-20-18)12-21-19(25)24-13-15(2)26-16(3)14-24/h5-6,11,15-16H,4,7-10,12-14H2,1-3H3,(H,21,25). The highest BCUT2D eigenvalue weighted by Gasteiger charge is 2.25. The van der Waals surface area contributed by atoms with E-state index in [0.717, 1.165) is 44.1 Å². The number of anilines is 1. The molecule has 3 rings (SSSR count). The molecule has 2 aliphatic heterocycles. The maximum Gasteiger partial charge on any atom is 0.317 e. The summed E-state index contributed by atoms with van der Waals surface area (Å²) in [5.74, 6) is 1.02. The third-order valence-corrected chi connectivity index (χ3v) is 5.10. The van der Waals surface area contributed by atoms with Crippen molar-refractivity contribution in [3.05, 3.63) is 23.9 Å². The number of pyridine rings is 1. The molecular weight excluding hydrogens is 330 g/mol. The number of morpholine rings is 1. The lowest BCUT2D eigenvalue weighted by atomic mass is 10.2. The minimum atomic E-state index is -0.0354. The normalized spacial score (nSPS) is 24.6. The number of carbonyl (C=O) groups is 1. The zero-order chi connectivity index (χ0) is 18.5. The fourth-order valence-electron chi connectivity index (χ4n) is 3.63. The fourth-order valence-corrected chi connectivity index (χ4v) is 3.63. The van der Waals surface area contributed by atoms with E-state index in [9.17, 15) is 4.79 Å². The molecule has 2 unspecified atom stereocenters. The summed E-state index contributed by atoms with van der Waals surface area (Å²) in [6.45, 7) is 13.3. The Morgan fingerprint density at radius 3 is 2.46 bits per heavy atom. The van der Waals surface area contributed by atoms with Gasteiger partial charge in [0.05, 0.1) is 12.2 Å². The van der Waals surface area contributed by atoms with Gasteiger partial charge in [0, 0.05) is 52.0 Å². The number of nitrogens with zero attached hydrogens (tertiary/aromatic N) is 4. The number of hydrogen-bond donors (Lipinski definition) is 1. The van der Waals surface area contributed by atoms with Gasteiger partial charge in [-0.15, -0.1) is 0 Å². The van der Waals surface area contributed by atoms with Crippen molar-refractivity contribution in [3.63, 3.8) is 0 Å². The molecule has 0 bridgehead atoms. The summed E-state index contributed by atoms with van der Waals surface area (Å²) in [6.07, 6.45) is 2.03. The molecular formula is C19H31N5O2. The maximum absolute atomic E-state index is 12.4. The van der Waals surface area contributed by atoms with Crippen LogP contribution in [0.25, 0.3) is 0 Å². The van der Waals surface area contributed by atoms with Crippen molar-refractivity contribution < 1.29 is 9.53 Å². The predicted molar refractivity (Wildman–Crippen MR) is 102 cm³/mol. The van der Waals surface area contributed by atoms with Crippen LogP contribution < -0.4 is 10.2 Å². The number of likely N-dealkylation sites (N-methyl/N-ethyl adjacent to an activating group) is 1. The third-order valence-electron chi connectivity index (χ3n) is 5.10.